The van der Waals surface area contributed by atoms with Gasteiger partial charge in [-0.05, 0) is 47.0 Å². The highest BCUT2D eigenvalue weighted by Crippen LogP contribution is 2.34. The van der Waals surface area contributed by atoms with E-state index in [-0.39, 0.29) is 0 Å². The van der Waals surface area contributed by atoms with Crippen molar-refractivity contribution in [1.82, 2.24) is 15.1 Å². The molecule has 4 aromatic rings. The van der Waals surface area contributed by atoms with E-state index in [1.165, 1.54) is 18.2 Å². The number of nitrogens with one attached hydrogen (secondary N) is 3. The fraction of sp³-hybridized carbons (Fsp3) is 0.200. The number of morpholine rings is 1. The fourth-order valence-electron chi connectivity index (χ4n) is 4.18. The number of nitrogen functional groups attached to an aromatic ring is 1. The van der Waals surface area contributed by atoms with Gasteiger partial charge in [0.1, 0.15) is 5.82 Å². The van der Waals surface area contributed by atoms with Gasteiger partial charge in [0.05, 0.1) is 24.1 Å². The maximum Gasteiger partial charge on any atom is 0.323 e. The number of fused-ring (bicyclic) bond motifs is 1. The summed E-state index contributed by atoms with van der Waals surface area (Å²) in [6.45, 7) is 4.08. The molecule has 2 amide bonds. The number of urea groups is 1. The van der Waals surface area contributed by atoms with Crippen LogP contribution in [0.2, 0.25) is 0 Å². The number of hydrogen-bond donors (Lipinski definition) is 4. The summed E-state index contributed by atoms with van der Waals surface area (Å²) in [5, 5.41) is 13.6. The predicted octanol–water partition coefficient (Wildman–Crippen LogP) is 4.43. The molecule has 1 aliphatic heterocycles. The molecule has 0 bridgehead atoms. The van der Waals surface area contributed by atoms with Gasteiger partial charge in [-0.1, -0.05) is 30.3 Å². The number of hydrogen-bond acceptors (Lipinski definition) is 5. The molecule has 0 spiro atoms. The molecule has 0 radical (unpaired) electrons. The number of nitrogens with two attached hydrogens (primary N) is 1. The van der Waals surface area contributed by atoms with Crippen LogP contribution >= 0.6 is 0 Å². The zero-order chi connectivity index (χ0) is 23.5. The minimum atomic E-state index is -0.452. The first-order valence-corrected chi connectivity index (χ1v) is 11.1. The molecule has 174 valence electrons. The highest BCUT2D eigenvalue weighted by atomic mass is 19.1. The topological polar surface area (TPSA) is 108 Å². The van der Waals surface area contributed by atoms with Crippen molar-refractivity contribution in [2.45, 2.75) is 6.54 Å². The molecule has 8 nitrogen and oxygen atoms in total. The van der Waals surface area contributed by atoms with Crippen LogP contribution in [0.5, 0.6) is 0 Å². The first-order chi connectivity index (χ1) is 16.6. The highest BCUT2D eigenvalue weighted by Gasteiger charge is 2.17. The Bertz CT molecular complexity index is 1310. The third-order valence-corrected chi connectivity index (χ3v) is 5.87. The van der Waals surface area contributed by atoms with Crippen molar-refractivity contribution in [2.24, 2.45) is 0 Å². The molecule has 1 saturated heterocycles. The number of H-pyrrole nitrogens is 1. The van der Waals surface area contributed by atoms with Gasteiger partial charge in [-0.3, -0.25) is 10.00 Å². The van der Waals surface area contributed by atoms with Gasteiger partial charge in [0, 0.05) is 31.0 Å². The zero-order valence-electron chi connectivity index (χ0n) is 18.5. The number of carbonyl (C=O) groups excluding carboxylic acids is 1. The molecular weight excluding hydrogens is 435 g/mol. The molecule has 1 fully saturated rings. The first-order valence-electron chi connectivity index (χ1n) is 11.1. The Hall–Kier alpha value is -3.95. The average molecular weight is 461 g/mol. The number of aromatic nitrogens is 2. The summed E-state index contributed by atoms with van der Waals surface area (Å²) >= 11 is 0. The maximum absolute atomic E-state index is 13.3. The molecule has 0 atom stereocenters. The van der Waals surface area contributed by atoms with Gasteiger partial charge in [-0.15, -0.1) is 0 Å². The number of ether oxygens (including phenoxy) is 1. The van der Waals surface area contributed by atoms with Crippen LogP contribution in [-0.4, -0.2) is 47.4 Å². The van der Waals surface area contributed by atoms with Crippen molar-refractivity contribution >= 4 is 34.1 Å². The van der Waals surface area contributed by atoms with Crippen molar-refractivity contribution in [3.05, 3.63) is 72.0 Å². The Morgan fingerprint density at radius 3 is 2.59 bits per heavy atom. The molecule has 0 saturated carbocycles. The lowest BCUT2D eigenvalue weighted by Gasteiger charge is -2.26. The smallest absolute Gasteiger partial charge is 0.323 e. The Labute approximate surface area is 195 Å². The summed E-state index contributed by atoms with van der Waals surface area (Å²) < 4.78 is 18.8. The summed E-state index contributed by atoms with van der Waals surface area (Å²) in [5.41, 5.74) is 11.2. The molecular formula is C25H25FN6O2. The number of carbonyl (C=O) groups is 1. The molecule has 2 heterocycles. The summed E-state index contributed by atoms with van der Waals surface area (Å²) in [7, 11) is 0. The lowest BCUT2D eigenvalue weighted by Crippen LogP contribution is -2.35. The number of benzene rings is 3. The van der Waals surface area contributed by atoms with E-state index in [1.54, 1.807) is 6.07 Å². The van der Waals surface area contributed by atoms with Crippen LogP contribution in [0.3, 0.4) is 0 Å². The number of amides is 2. The third-order valence-electron chi connectivity index (χ3n) is 5.87. The van der Waals surface area contributed by atoms with Gasteiger partial charge in [-0.2, -0.15) is 5.10 Å². The average Bonchev–Trinajstić information content (AvgIpc) is 3.23. The molecule has 5 N–H and O–H groups in total. The van der Waals surface area contributed by atoms with Crippen LogP contribution in [-0.2, 0) is 11.3 Å². The van der Waals surface area contributed by atoms with Crippen LogP contribution in [0.15, 0.2) is 60.7 Å². The number of rotatable bonds is 5. The molecule has 34 heavy (non-hydrogen) atoms. The van der Waals surface area contributed by atoms with Crippen molar-refractivity contribution in [1.29, 1.82) is 0 Å². The second kappa shape index (κ2) is 9.50. The molecule has 9 heteroatoms. The maximum atomic E-state index is 13.3. The molecule has 0 aliphatic carbocycles. The summed E-state index contributed by atoms with van der Waals surface area (Å²) in [5.74, 6) is 0.0356. The van der Waals surface area contributed by atoms with Crippen molar-refractivity contribution in [2.75, 3.05) is 42.7 Å². The van der Waals surface area contributed by atoms with Crippen LogP contribution in [0.4, 0.5) is 26.4 Å². The molecule has 1 aliphatic rings. The van der Waals surface area contributed by atoms with E-state index >= 15 is 0 Å². The highest BCUT2D eigenvalue weighted by molar-refractivity contribution is 6.03. The van der Waals surface area contributed by atoms with Crippen molar-refractivity contribution in [3.8, 4) is 11.1 Å². The summed E-state index contributed by atoms with van der Waals surface area (Å²) in [4.78, 5) is 14.6. The van der Waals surface area contributed by atoms with E-state index in [2.05, 4.69) is 37.9 Å². The third kappa shape index (κ3) is 4.70. The zero-order valence-corrected chi connectivity index (χ0v) is 18.5. The second-order valence-corrected chi connectivity index (χ2v) is 8.19. The Morgan fingerprint density at radius 1 is 1.06 bits per heavy atom. The minimum absolute atomic E-state index is 0.379. The van der Waals surface area contributed by atoms with Crippen LogP contribution < -0.4 is 16.4 Å². The number of anilines is 3. The van der Waals surface area contributed by atoms with Gasteiger partial charge < -0.3 is 21.1 Å². The van der Waals surface area contributed by atoms with E-state index in [0.717, 1.165) is 60.4 Å². The first kappa shape index (κ1) is 21.9. The molecule has 0 unspecified atom stereocenters. The Balaban J connectivity index is 1.34. The number of aromatic amines is 1. The number of halogens is 1. The monoisotopic (exact) mass is 460 g/mol. The van der Waals surface area contributed by atoms with E-state index in [1.807, 2.05) is 24.3 Å². The largest absolute Gasteiger partial charge is 0.382 e. The normalized spacial score (nSPS) is 14.3. The van der Waals surface area contributed by atoms with Gasteiger partial charge in [0.2, 0.25) is 0 Å². The van der Waals surface area contributed by atoms with Crippen LogP contribution in [0.1, 0.15) is 5.56 Å². The van der Waals surface area contributed by atoms with E-state index in [0.29, 0.717) is 17.2 Å². The minimum Gasteiger partial charge on any atom is -0.382 e. The lowest BCUT2D eigenvalue weighted by molar-refractivity contribution is 0.0343. The van der Waals surface area contributed by atoms with E-state index < -0.39 is 11.8 Å². The van der Waals surface area contributed by atoms with Crippen LogP contribution in [0, 0.1) is 5.82 Å². The van der Waals surface area contributed by atoms with E-state index in [9.17, 15) is 9.18 Å². The van der Waals surface area contributed by atoms with Gasteiger partial charge in [0.15, 0.2) is 5.82 Å². The SMILES string of the molecule is Nc1n[nH]c2c(CN3CCOCC3)ccc(-c3ccc(NC(=O)Nc4cccc(F)c4)cc3)c12. The summed E-state index contributed by atoms with van der Waals surface area (Å²) in [6.07, 6.45) is 0. The van der Waals surface area contributed by atoms with E-state index in [4.69, 9.17) is 10.5 Å². The Morgan fingerprint density at radius 2 is 1.82 bits per heavy atom. The van der Waals surface area contributed by atoms with Crippen molar-refractivity contribution < 1.29 is 13.9 Å². The summed E-state index contributed by atoms with van der Waals surface area (Å²) in [6, 6.07) is 16.9. The van der Waals surface area contributed by atoms with Gasteiger partial charge in [0.25, 0.3) is 0 Å². The number of nitrogens with zero attached hydrogens (tertiary/aromatic N) is 2. The predicted molar refractivity (Wildman–Crippen MR) is 131 cm³/mol. The standard InChI is InChI=1S/C25H25FN6O2/c26-18-2-1-3-20(14-18)29-25(33)28-19-7-4-16(5-8-19)21-9-6-17(15-32-10-12-34-13-11-32)23-22(21)24(27)31-30-23/h1-9,14H,10-13,15H2,(H3,27,30,31)(H2,28,29,33). The molecule has 5 rings (SSSR count). The van der Waals surface area contributed by atoms with Gasteiger partial charge in [-0.25, -0.2) is 9.18 Å². The van der Waals surface area contributed by atoms with Crippen LogP contribution in [0.25, 0.3) is 22.0 Å². The lowest BCUT2D eigenvalue weighted by atomic mass is 9.98. The molecule has 3 aromatic carbocycles. The van der Waals surface area contributed by atoms with Gasteiger partial charge >= 0.3 is 6.03 Å². The quantitative estimate of drug-likeness (QED) is 0.352. The second-order valence-electron chi connectivity index (χ2n) is 8.19. The molecule has 1 aromatic heterocycles. The Kier molecular flexibility index (Phi) is 6.11. The van der Waals surface area contributed by atoms with Crippen molar-refractivity contribution in [3.63, 3.8) is 0 Å². The fourth-order valence-corrected chi connectivity index (χ4v) is 4.18.